The van der Waals surface area contributed by atoms with Crippen molar-refractivity contribution in [2.45, 2.75) is 65.3 Å². The number of carboxylic acid groups (broad SMARTS) is 1. The number of rotatable bonds is 6. The largest absolute Gasteiger partial charge is 0.481 e. The number of hydrogen-bond acceptors (Lipinski definition) is 4. The lowest BCUT2D eigenvalue weighted by Gasteiger charge is -2.44. The van der Waals surface area contributed by atoms with Crippen LogP contribution < -0.4 is 5.56 Å². The second-order valence-corrected chi connectivity index (χ2v) is 11.7. The van der Waals surface area contributed by atoms with Crippen LogP contribution in [0.15, 0.2) is 23.0 Å². The van der Waals surface area contributed by atoms with Gasteiger partial charge in [0.15, 0.2) is 0 Å². The third-order valence-electron chi connectivity index (χ3n) is 7.73. The summed E-state index contributed by atoms with van der Waals surface area (Å²) in [5.74, 6) is 0.671. The van der Waals surface area contributed by atoms with Gasteiger partial charge in [0.1, 0.15) is 0 Å². The Morgan fingerprint density at radius 3 is 2.61 bits per heavy atom. The first-order chi connectivity index (χ1) is 15.6. The second kappa shape index (κ2) is 9.61. The Morgan fingerprint density at radius 1 is 1.09 bits per heavy atom. The Labute approximate surface area is 196 Å². The molecule has 0 spiro atoms. The molecule has 4 atom stereocenters. The number of pyridine rings is 1. The third kappa shape index (κ3) is 5.86. The van der Waals surface area contributed by atoms with Crippen molar-refractivity contribution in [2.75, 3.05) is 32.7 Å². The highest BCUT2D eigenvalue weighted by atomic mass is 16.4. The molecule has 2 saturated heterocycles. The van der Waals surface area contributed by atoms with Crippen LogP contribution in [-0.4, -0.2) is 64.1 Å². The highest BCUT2D eigenvalue weighted by molar-refractivity contribution is 5.77. The topological polar surface area (TPSA) is 82.8 Å². The lowest BCUT2D eigenvalue weighted by atomic mass is 9.79. The first kappa shape index (κ1) is 24.0. The zero-order valence-electron chi connectivity index (χ0n) is 20.3. The van der Waals surface area contributed by atoms with Crippen LogP contribution in [0.3, 0.4) is 0 Å². The van der Waals surface area contributed by atoms with Gasteiger partial charge >= 0.3 is 5.97 Å². The van der Waals surface area contributed by atoms with Gasteiger partial charge in [-0.05, 0) is 55.0 Å². The van der Waals surface area contributed by atoms with Crippen molar-refractivity contribution in [3.05, 3.63) is 34.2 Å². The molecular formula is C26H39N3O4. The number of carbonyl (C=O) groups excluding carboxylic acids is 1. The van der Waals surface area contributed by atoms with E-state index < -0.39 is 5.97 Å². The molecule has 1 aromatic rings. The van der Waals surface area contributed by atoms with Crippen molar-refractivity contribution >= 4 is 11.9 Å². The summed E-state index contributed by atoms with van der Waals surface area (Å²) in [5.41, 5.74) is 1.21. The van der Waals surface area contributed by atoms with Crippen molar-refractivity contribution < 1.29 is 14.7 Å². The molecule has 3 aliphatic heterocycles. The molecule has 3 aliphatic rings. The number of aliphatic carboxylic acids is 1. The molecule has 33 heavy (non-hydrogen) atoms. The molecule has 2 fully saturated rings. The number of piperidine rings is 2. The monoisotopic (exact) mass is 457 g/mol. The van der Waals surface area contributed by atoms with Crippen LogP contribution in [0.4, 0.5) is 0 Å². The van der Waals surface area contributed by atoms with E-state index in [1.807, 2.05) is 15.5 Å². The van der Waals surface area contributed by atoms with E-state index in [1.54, 1.807) is 6.07 Å². The number of amides is 1. The minimum absolute atomic E-state index is 0.0473. The Kier molecular flexibility index (Phi) is 6.99. The summed E-state index contributed by atoms with van der Waals surface area (Å²) in [5, 5.41) is 9.43. The van der Waals surface area contributed by atoms with Crippen LogP contribution in [0.25, 0.3) is 0 Å². The number of likely N-dealkylation sites (tertiary alicyclic amines) is 2. The SMILES string of the molecule is CC(C)(C)CC(=O)N1CCC(CC(=O)O)C(CCN2CC3CC(C2)c2cccc(=O)n2C3)C1. The first-order valence-corrected chi connectivity index (χ1v) is 12.5. The van der Waals surface area contributed by atoms with Crippen molar-refractivity contribution in [1.82, 2.24) is 14.4 Å². The van der Waals surface area contributed by atoms with Crippen LogP contribution in [0.2, 0.25) is 0 Å². The summed E-state index contributed by atoms with van der Waals surface area (Å²) < 4.78 is 1.96. The highest BCUT2D eigenvalue weighted by Gasteiger charge is 2.37. The molecule has 0 radical (unpaired) electrons. The quantitative estimate of drug-likeness (QED) is 0.710. The maximum absolute atomic E-state index is 12.8. The summed E-state index contributed by atoms with van der Waals surface area (Å²) in [6.07, 6.45) is 3.54. The Balaban J connectivity index is 1.40. The summed E-state index contributed by atoms with van der Waals surface area (Å²) >= 11 is 0. The number of aromatic nitrogens is 1. The molecule has 1 aromatic heterocycles. The van der Waals surface area contributed by atoms with Gasteiger partial charge in [-0.25, -0.2) is 0 Å². The molecule has 1 amide bonds. The van der Waals surface area contributed by atoms with Gasteiger partial charge in [-0.15, -0.1) is 0 Å². The van der Waals surface area contributed by atoms with E-state index in [-0.39, 0.29) is 35.1 Å². The van der Waals surface area contributed by atoms with E-state index >= 15 is 0 Å². The molecule has 2 bridgehead atoms. The minimum Gasteiger partial charge on any atom is -0.481 e. The van der Waals surface area contributed by atoms with Crippen molar-refractivity contribution in [2.24, 2.45) is 23.2 Å². The highest BCUT2D eigenvalue weighted by Crippen LogP contribution is 2.36. The normalized spacial score (nSPS) is 27.8. The van der Waals surface area contributed by atoms with Crippen LogP contribution in [0, 0.1) is 23.2 Å². The van der Waals surface area contributed by atoms with Gasteiger partial charge in [-0.1, -0.05) is 26.8 Å². The number of nitrogens with zero attached hydrogens (tertiary/aromatic N) is 3. The van der Waals surface area contributed by atoms with Gasteiger partial charge in [-0.3, -0.25) is 14.4 Å². The molecule has 4 heterocycles. The van der Waals surface area contributed by atoms with Crippen molar-refractivity contribution in [3.63, 3.8) is 0 Å². The molecule has 4 unspecified atom stereocenters. The molecule has 4 rings (SSSR count). The average molecular weight is 458 g/mol. The van der Waals surface area contributed by atoms with Crippen LogP contribution in [0.5, 0.6) is 0 Å². The van der Waals surface area contributed by atoms with Crippen molar-refractivity contribution in [1.29, 1.82) is 0 Å². The van der Waals surface area contributed by atoms with Gasteiger partial charge in [0.05, 0.1) is 0 Å². The molecule has 0 saturated carbocycles. The fraction of sp³-hybridized carbons (Fsp3) is 0.731. The van der Waals surface area contributed by atoms with Gasteiger partial charge in [0.2, 0.25) is 5.91 Å². The predicted octanol–water partition coefficient (Wildman–Crippen LogP) is 3.03. The molecule has 1 N–H and O–H groups in total. The smallest absolute Gasteiger partial charge is 0.303 e. The van der Waals surface area contributed by atoms with E-state index in [0.29, 0.717) is 31.3 Å². The van der Waals surface area contributed by atoms with Gasteiger partial charge in [0, 0.05) is 63.2 Å². The van der Waals surface area contributed by atoms with Gasteiger partial charge < -0.3 is 19.5 Å². The standard InChI is InChI=1S/C26H39N3O4/c1-26(2,3)13-24(31)28-10-8-19(12-25(32)33)20(17-28)7-9-27-14-18-11-21(16-27)22-5-4-6-23(30)29(22)15-18/h4-6,18-21H,7-17H2,1-3H3,(H,32,33). The third-order valence-corrected chi connectivity index (χ3v) is 7.73. The van der Waals surface area contributed by atoms with Crippen LogP contribution in [0.1, 0.15) is 64.5 Å². The van der Waals surface area contributed by atoms with Crippen LogP contribution in [-0.2, 0) is 16.1 Å². The lowest BCUT2D eigenvalue weighted by molar-refractivity contribution is -0.140. The maximum atomic E-state index is 12.8. The zero-order chi connectivity index (χ0) is 23.8. The molecule has 0 aliphatic carbocycles. The molecular weight excluding hydrogens is 418 g/mol. The summed E-state index contributed by atoms with van der Waals surface area (Å²) in [6.45, 7) is 11.2. The summed E-state index contributed by atoms with van der Waals surface area (Å²) in [7, 11) is 0. The summed E-state index contributed by atoms with van der Waals surface area (Å²) in [4.78, 5) is 41.1. The van der Waals surface area contributed by atoms with Crippen LogP contribution >= 0.6 is 0 Å². The fourth-order valence-electron chi connectivity index (χ4n) is 6.22. The Morgan fingerprint density at radius 2 is 1.88 bits per heavy atom. The second-order valence-electron chi connectivity index (χ2n) is 11.7. The molecule has 182 valence electrons. The average Bonchev–Trinajstić information content (AvgIpc) is 2.72. The minimum atomic E-state index is -0.742. The summed E-state index contributed by atoms with van der Waals surface area (Å²) in [6, 6.07) is 5.62. The number of carbonyl (C=O) groups is 2. The van der Waals surface area contributed by atoms with E-state index in [2.05, 4.69) is 31.7 Å². The first-order valence-electron chi connectivity index (χ1n) is 12.5. The number of fused-ring (bicyclic) bond motifs is 4. The van der Waals surface area contributed by atoms with E-state index in [4.69, 9.17) is 0 Å². The predicted molar refractivity (Wildman–Crippen MR) is 127 cm³/mol. The maximum Gasteiger partial charge on any atom is 0.303 e. The molecule has 7 heteroatoms. The molecule has 0 aromatic carbocycles. The molecule has 7 nitrogen and oxygen atoms in total. The number of hydrogen-bond donors (Lipinski definition) is 1. The Bertz CT molecular complexity index is 934. The van der Waals surface area contributed by atoms with E-state index in [9.17, 15) is 19.5 Å². The van der Waals surface area contributed by atoms with Crippen molar-refractivity contribution in [3.8, 4) is 0 Å². The zero-order valence-corrected chi connectivity index (χ0v) is 20.3. The lowest BCUT2D eigenvalue weighted by Crippen LogP contribution is -2.49. The Hall–Kier alpha value is -2.15. The van der Waals surface area contributed by atoms with Gasteiger partial charge in [0.25, 0.3) is 5.56 Å². The van der Waals surface area contributed by atoms with Gasteiger partial charge in [-0.2, -0.15) is 0 Å². The van der Waals surface area contributed by atoms with E-state index in [0.717, 1.165) is 51.1 Å². The fourth-order valence-corrected chi connectivity index (χ4v) is 6.22. The van der Waals surface area contributed by atoms with E-state index in [1.165, 1.54) is 0 Å². The number of carboxylic acids is 1.